The maximum Gasteiger partial charge on any atom is 0.326 e. The van der Waals surface area contributed by atoms with Crippen LogP contribution in [0.5, 0.6) is 0 Å². The Labute approximate surface area is 109 Å². The summed E-state index contributed by atoms with van der Waals surface area (Å²) in [7, 11) is 0. The van der Waals surface area contributed by atoms with Crippen LogP contribution in [0.1, 0.15) is 59.3 Å². The second-order valence-corrected chi connectivity index (χ2v) is 5.83. The van der Waals surface area contributed by atoms with Crippen LogP contribution in [-0.2, 0) is 9.59 Å². The second kappa shape index (κ2) is 6.21. The maximum atomic E-state index is 12.3. The molecule has 1 aliphatic carbocycles. The smallest absolute Gasteiger partial charge is 0.326 e. The summed E-state index contributed by atoms with van der Waals surface area (Å²) in [6.07, 6.45) is 5.22. The van der Waals surface area contributed by atoms with Gasteiger partial charge in [-0.2, -0.15) is 0 Å². The minimum Gasteiger partial charge on any atom is -0.480 e. The molecule has 1 rings (SSSR count). The molecule has 1 amide bonds. The van der Waals surface area contributed by atoms with E-state index in [2.05, 4.69) is 5.32 Å². The quantitative estimate of drug-likeness (QED) is 0.766. The van der Waals surface area contributed by atoms with E-state index in [1.807, 2.05) is 20.8 Å². The number of carbonyl (C=O) groups is 2. The SMILES string of the molecule is CCC1(C(=O)N[C@@H](CC(C)C)C(=O)O)CCCC1. The molecule has 0 heterocycles. The third kappa shape index (κ3) is 3.47. The Morgan fingerprint density at radius 3 is 2.22 bits per heavy atom. The van der Waals surface area contributed by atoms with Gasteiger partial charge in [0, 0.05) is 5.41 Å². The number of carbonyl (C=O) groups excluding carboxylic acids is 1. The average molecular weight is 255 g/mol. The molecule has 1 fully saturated rings. The molecular weight excluding hydrogens is 230 g/mol. The van der Waals surface area contributed by atoms with Gasteiger partial charge in [-0.15, -0.1) is 0 Å². The van der Waals surface area contributed by atoms with Crippen molar-refractivity contribution in [3.63, 3.8) is 0 Å². The summed E-state index contributed by atoms with van der Waals surface area (Å²) in [5.74, 6) is -0.732. The number of nitrogens with one attached hydrogen (secondary N) is 1. The molecule has 4 nitrogen and oxygen atoms in total. The van der Waals surface area contributed by atoms with Gasteiger partial charge in [0.05, 0.1) is 0 Å². The van der Waals surface area contributed by atoms with Crippen LogP contribution in [0, 0.1) is 11.3 Å². The summed E-state index contributed by atoms with van der Waals surface area (Å²) >= 11 is 0. The number of hydrogen-bond donors (Lipinski definition) is 2. The summed E-state index contributed by atoms with van der Waals surface area (Å²) in [5.41, 5.74) is -0.315. The van der Waals surface area contributed by atoms with Crippen LogP contribution in [0.2, 0.25) is 0 Å². The van der Waals surface area contributed by atoms with Crippen molar-refractivity contribution in [2.24, 2.45) is 11.3 Å². The molecule has 1 atom stereocenters. The van der Waals surface area contributed by atoms with Gasteiger partial charge in [0.2, 0.25) is 5.91 Å². The van der Waals surface area contributed by atoms with E-state index in [9.17, 15) is 9.59 Å². The van der Waals surface area contributed by atoms with Gasteiger partial charge >= 0.3 is 5.97 Å². The van der Waals surface area contributed by atoms with Crippen LogP contribution < -0.4 is 5.32 Å². The third-order valence-electron chi connectivity index (χ3n) is 4.03. The second-order valence-electron chi connectivity index (χ2n) is 5.83. The first-order valence-corrected chi connectivity index (χ1v) is 6.95. The summed E-state index contributed by atoms with van der Waals surface area (Å²) in [6.45, 7) is 5.95. The Bertz CT molecular complexity index is 306. The van der Waals surface area contributed by atoms with Crippen LogP contribution in [-0.4, -0.2) is 23.0 Å². The number of amides is 1. The van der Waals surface area contributed by atoms with E-state index in [4.69, 9.17) is 5.11 Å². The molecule has 1 aliphatic rings. The first-order chi connectivity index (χ1) is 8.41. The van der Waals surface area contributed by atoms with Crippen molar-refractivity contribution in [3.05, 3.63) is 0 Å². The molecular formula is C14H25NO3. The van der Waals surface area contributed by atoms with E-state index < -0.39 is 12.0 Å². The predicted molar refractivity (Wildman–Crippen MR) is 70.2 cm³/mol. The monoisotopic (exact) mass is 255 g/mol. The zero-order chi connectivity index (χ0) is 13.8. The number of rotatable bonds is 6. The minimum atomic E-state index is -0.929. The third-order valence-corrected chi connectivity index (χ3v) is 4.03. The number of carboxylic acid groups (broad SMARTS) is 1. The standard InChI is InChI=1S/C14H25NO3/c1-4-14(7-5-6-8-14)13(18)15-11(12(16)17)9-10(2)3/h10-11H,4-9H2,1-3H3,(H,15,18)(H,16,17)/t11-/m0/s1. The van der Waals surface area contributed by atoms with Crippen LogP contribution in [0.25, 0.3) is 0 Å². The molecule has 1 saturated carbocycles. The van der Waals surface area contributed by atoms with Crippen molar-refractivity contribution < 1.29 is 14.7 Å². The lowest BCUT2D eigenvalue weighted by Crippen LogP contribution is -2.48. The molecule has 0 unspecified atom stereocenters. The van der Waals surface area contributed by atoms with Crippen LogP contribution >= 0.6 is 0 Å². The lowest BCUT2D eigenvalue weighted by atomic mass is 9.82. The topological polar surface area (TPSA) is 66.4 Å². The summed E-state index contributed by atoms with van der Waals surface area (Å²) in [4.78, 5) is 23.5. The molecule has 0 saturated heterocycles. The highest BCUT2D eigenvalue weighted by Crippen LogP contribution is 2.41. The highest BCUT2D eigenvalue weighted by atomic mass is 16.4. The van der Waals surface area contributed by atoms with Gasteiger partial charge in [0.15, 0.2) is 0 Å². The van der Waals surface area contributed by atoms with Crippen LogP contribution in [0.15, 0.2) is 0 Å². The van der Waals surface area contributed by atoms with Gasteiger partial charge < -0.3 is 10.4 Å². The Morgan fingerprint density at radius 2 is 1.83 bits per heavy atom. The number of aliphatic carboxylic acids is 1. The molecule has 0 aromatic rings. The fourth-order valence-corrected chi connectivity index (χ4v) is 2.80. The van der Waals surface area contributed by atoms with Crippen LogP contribution in [0.3, 0.4) is 0 Å². The normalized spacial score (nSPS) is 19.8. The molecule has 2 N–H and O–H groups in total. The van der Waals surface area contributed by atoms with Gasteiger partial charge in [0.25, 0.3) is 0 Å². The van der Waals surface area contributed by atoms with Gasteiger partial charge in [0.1, 0.15) is 6.04 Å². The van der Waals surface area contributed by atoms with Gasteiger partial charge in [-0.05, 0) is 31.6 Å². The van der Waals surface area contributed by atoms with Gasteiger partial charge in [-0.3, -0.25) is 4.79 Å². The molecule has 4 heteroatoms. The molecule has 18 heavy (non-hydrogen) atoms. The Kier molecular flexibility index (Phi) is 5.17. The van der Waals surface area contributed by atoms with Crippen molar-refractivity contribution >= 4 is 11.9 Å². The van der Waals surface area contributed by atoms with Gasteiger partial charge in [-0.25, -0.2) is 4.79 Å². The highest BCUT2D eigenvalue weighted by Gasteiger charge is 2.40. The maximum absolute atomic E-state index is 12.3. The Morgan fingerprint density at radius 1 is 1.28 bits per heavy atom. The molecule has 0 bridgehead atoms. The fourth-order valence-electron chi connectivity index (χ4n) is 2.80. The number of hydrogen-bond acceptors (Lipinski definition) is 2. The molecule has 0 spiro atoms. The highest BCUT2D eigenvalue weighted by molar-refractivity contribution is 5.87. The van der Waals surface area contributed by atoms with Crippen LogP contribution in [0.4, 0.5) is 0 Å². The van der Waals surface area contributed by atoms with Crippen molar-refractivity contribution in [2.45, 2.75) is 65.3 Å². The molecule has 104 valence electrons. The van der Waals surface area contributed by atoms with E-state index in [1.54, 1.807) is 0 Å². The lowest BCUT2D eigenvalue weighted by molar-refractivity contribution is -0.144. The van der Waals surface area contributed by atoms with Crippen molar-refractivity contribution in [3.8, 4) is 0 Å². The van der Waals surface area contributed by atoms with Gasteiger partial charge in [-0.1, -0.05) is 33.6 Å². The average Bonchev–Trinajstić information content (AvgIpc) is 2.77. The van der Waals surface area contributed by atoms with Crippen molar-refractivity contribution in [1.29, 1.82) is 0 Å². The zero-order valence-electron chi connectivity index (χ0n) is 11.7. The molecule has 0 aliphatic heterocycles. The predicted octanol–water partition coefficient (Wildman–Crippen LogP) is 2.57. The Hall–Kier alpha value is -1.06. The first kappa shape index (κ1) is 15.0. The molecule has 0 aromatic carbocycles. The number of carboxylic acids is 1. The summed E-state index contributed by atoms with van der Waals surface area (Å²) in [6, 6.07) is -0.749. The molecule has 0 aromatic heterocycles. The van der Waals surface area contributed by atoms with E-state index in [0.29, 0.717) is 6.42 Å². The first-order valence-electron chi connectivity index (χ1n) is 6.95. The fraction of sp³-hybridized carbons (Fsp3) is 0.857. The van der Waals surface area contributed by atoms with E-state index >= 15 is 0 Å². The van der Waals surface area contributed by atoms with E-state index in [-0.39, 0.29) is 17.2 Å². The molecule has 0 radical (unpaired) electrons. The largest absolute Gasteiger partial charge is 0.480 e. The zero-order valence-corrected chi connectivity index (χ0v) is 11.7. The van der Waals surface area contributed by atoms with Crippen molar-refractivity contribution in [2.75, 3.05) is 0 Å². The minimum absolute atomic E-state index is 0.0597. The van der Waals surface area contributed by atoms with E-state index in [1.165, 1.54) is 0 Å². The summed E-state index contributed by atoms with van der Waals surface area (Å²) < 4.78 is 0. The van der Waals surface area contributed by atoms with E-state index in [0.717, 1.165) is 32.1 Å². The lowest BCUT2D eigenvalue weighted by Gasteiger charge is -2.28. The summed E-state index contributed by atoms with van der Waals surface area (Å²) in [5, 5.41) is 11.9. The Balaban J connectivity index is 2.68. The van der Waals surface area contributed by atoms with Crippen molar-refractivity contribution in [1.82, 2.24) is 5.32 Å².